The highest BCUT2D eigenvalue weighted by Crippen LogP contribution is 2.21. The van der Waals surface area contributed by atoms with Crippen LogP contribution in [0.2, 0.25) is 0 Å². The van der Waals surface area contributed by atoms with Gasteiger partial charge in [0.1, 0.15) is 5.25 Å². The molecule has 116 valence electrons. The summed E-state index contributed by atoms with van der Waals surface area (Å²) in [6.45, 7) is 0. The van der Waals surface area contributed by atoms with Gasteiger partial charge in [-0.1, -0.05) is 23.9 Å². The van der Waals surface area contributed by atoms with Crippen LogP contribution in [0, 0.1) is 0 Å². The molecule has 0 bridgehead atoms. The zero-order valence-corrected chi connectivity index (χ0v) is 13.0. The summed E-state index contributed by atoms with van der Waals surface area (Å²) in [5, 5.41) is 12.2. The lowest BCUT2D eigenvalue weighted by Crippen LogP contribution is -2.35. The fraction of sp³-hybridized carbons (Fsp3) is 0.286. The van der Waals surface area contributed by atoms with Crippen molar-refractivity contribution in [2.24, 2.45) is 10.1 Å². The first-order valence-electron chi connectivity index (χ1n) is 6.53. The van der Waals surface area contributed by atoms with Crippen molar-refractivity contribution < 1.29 is 14.7 Å². The largest absolute Gasteiger partial charge is 0.481 e. The number of carboxylic acids is 1. The molecule has 0 fully saturated rings. The predicted molar refractivity (Wildman–Crippen MR) is 87.6 cm³/mol. The number of nitrogens with one attached hydrogen (secondary N) is 1. The standard InChI is InChI=1S/C14H16N4O3S/c1-18(2)10-5-3-9(4-6-10)8-15-14-17-16-13(21)11(22-14)7-12(19)20/h3-6,8,11H,7H2,1-2H3,(H,16,21)(H,19,20)/t11-/m1/s1. The van der Waals surface area contributed by atoms with Gasteiger partial charge in [-0.15, -0.1) is 5.10 Å². The minimum Gasteiger partial charge on any atom is -0.481 e. The van der Waals surface area contributed by atoms with Gasteiger partial charge in [-0.2, -0.15) is 0 Å². The second kappa shape index (κ2) is 7.08. The molecule has 2 rings (SSSR count). The first-order valence-corrected chi connectivity index (χ1v) is 7.41. The maximum absolute atomic E-state index is 11.5. The van der Waals surface area contributed by atoms with E-state index in [4.69, 9.17) is 5.11 Å². The smallest absolute Gasteiger partial charge is 0.305 e. The first-order chi connectivity index (χ1) is 10.5. The number of carboxylic acid groups (broad SMARTS) is 1. The minimum atomic E-state index is -1.03. The van der Waals surface area contributed by atoms with Crippen LogP contribution in [-0.2, 0) is 9.59 Å². The third-order valence-corrected chi connectivity index (χ3v) is 3.97. The van der Waals surface area contributed by atoms with Crippen molar-refractivity contribution in [3.63, 3.8) is 0 Å². The lowest BCUT2D eigenvalue weighted by molar-refractivity contribution is -0.138. The van der Waals surface area contributed by atoms with E-state index < -0.39 is 17.1 Å². The Balaban J connectivity index is 2.03. The maximum atomic E-state index is 11.5. The first kappa shape index (κ1) is 16.0. The Bertz CT molecular complexity index is 625. The molecule has 0 unspecified atom stereocenters. The molecular formula is C14H16N4O3S. The predicted octanol–water partition coefficient (Wildman–Crippen LogP) is 1.15. The summed E-state index contributed by atoms with van der Waals surface area (Å²) in [7, 11) is 3.92. The molecule has 1 aromatic carbocycles. The topological polar surface area (TPSA) is 94.4 Å². The van der Waals surface area contributed by atoms with Crippen molar-refractivity contribution in [3.05, 3.63) is 29.8 Å². The molecule has 0 radical (unpaired) electrons. The summed E-state index contributed by atoms with van der Waals surface area (Å²) in [5.74, 6) is -1.45. The van der Waals surface area contributed by atoms with E-state index in [2.05, 4.69) is 15.5 Å². The van der Waals surface area contributed by atoms with Crippen LogP contribution in [0.3, 0.4) is 0 Å². The Morgan fingerprint density at radius 3 is 2.73 bits per heavy atom. The zero-order valence-electron chi connectivity index (χ0n) is 12.2. The van der Waals surface area contributed by atoms with E-state index in [1.807, 2.05) is 43.3 Å². The molecule has 1 aliphatic rings. The minimum absolute atomic E-state index is 0.261. The summed E-state index contributed by atoms with van der Waals surface area (Å²) in [4.78, 5) is 28.4. The van der Waals surface area contributed by atoms with Crippen LogP contribution in [0.4, 0.5) is 5.69 Å². The summed E-state index contributed by atoms with van der Waals surface area (Å²) < 4.78 is 0. The third-order valence-electron chi connectivity index (χ3n) is 2.90. The molecule has 7 nitrogen and oxygen atoms in total. The van der Waals surface area contributed by atoms with Crippen molar-refractivity contribution in [2.45, 2.75) is 11.7 Å². The molecule has 8 heteroatoms. The maximum Gasteiger partial charge on any atom is 0.305 e. The number of aliphatic imine (C=N–C) groups is 1. The molecule has 0 saturated heterocycles. The number of hydrogen-bond acceptors (Lipinski definition) is 6. The zero-order chi connectivity index (χ0) is 16.1. The van der Waals surface area contributed by atoms with Crippen molar-refractivity contribution in [2.75, 3.05) is 19.0 Å². The summed E-state index contributed by atoms with van der Waals surface area (Å²) in [6, 6.07) is 7.76. The van der Waals surface area contributed by atoms with Crippen LogP contribution in [0.5, 0.6) is 0 Å². The molecule has 1 amide bonds. The molecule has 0 aromatic heterocycles. The van der Waals surface area contributed by atoms with Gasteiger partial charge in [-0.25, -0.2) is 10.4 Å². The highest BCUT2D eigenvalue weighted by atomic mass is 32.2. The Kier molecular flexibility index (Phi) is 5.16. The Labute approximate surface area is 132 Å². The number of hydrogen-bond donors (Lipinski definition) is 2. The van der Waals surface area contributed by atoms with Crippen LogP contribution in [0.25, 0.3) is 0 Å². The number of aliphatic carboxylic acids is 1. The monoisotopic (exact) mass is 320 g/mol. The Morgan fingerprint density at radius 1 is 1.45 bits per heavy atom. The Morgan fingerprint density at radius 2 is 2.14 bits per heavy atom. The van der Waals surface area contributed by atoms with E-state index >= 15 is 0 Å². The van der Waals surface area contributed by atoms with Crippen LogP contribution in [0.15, 0.2) is 34.4 Å². The van der Waals surface area contributed by atoms with Gasteiger partial charge in [0.25, 0.3) is 5.91 Å². The third kappa shape index (κ3) is 4.32. The average Bonchev–Trinajstić information content (AvgIpc) is 2.48. The molecule has 0 spiro atoms. The molecule has 0 aliphatic carbocycles. The average molecular weight is 320 g/mol. The van der Waals surface area contributed by atoms with Crippen LogP contribution >= 0.6 is 11.8 Å². The van der Waals surface area contributed by atoms with Crippen LogP contribution in [-0.4, -0.2) is 47.7 Å². The lowest BCUT2D eigenvalue weighted by Gasteiger charge is -2.16. The molecule has 2 N–H and O–H groups in total. The fourth-order valence-electron chi connectivity index (χ4n) is 1.72. The van der Waals surface area contributed by atoms with Gasteiger partial charge in [0.05, 0.1) is 6.42 Å². The number of hydrazone groups is 1. The molecule has 1 aromatic rings. The van der Waals surface area contributed by atoms with Gasteiger partial charge >= 0.3 is 5.97 Å². The van der Waals surface area contributed by atoms with E-state index in [1.165, 1.54) is 0 Å². The van der Waals surface area contributed by atoms with Gasteiger partial charge in [-0.05, 0) is 17.7 Å². The van der Waals surface area contributed by atoms with E-state index in [0.717, 1.165) is 23.0 Å². The second-order valence-corrected chi connectivity index (χ2v) is 5.99. The normalized spacial score (nSPS) is 18.0. The second-order valence-electron chi connectivity index (χ2n) is 4.82. The highest BCUT2D eigenvalue weighted by Gasteiger charge is 2.27. The fourth-order valence-corrected chi connectivity index (χ4v) is 2.57. The molecule has 1 heterocycles. The number of carbonyl (C=O) groups excluding carboxylic acids is 1. The van der Waals surface area contributed by atoms with E-state index in [9.17, 15) is 9.59 Å². The molecule has 0 saturated carbocycles. The highest BCUT2D eigenvalue weighted by molar-refractivity contribution is 8.15. The molecular weight excluding hydrogens is 304 g/mol. The van der Waals surface area contributed by atoms with Gasteiger partial charge in [0.15, 0.2) is 0 Å². The summed E-state index contributed by atoms with van der Waals surface area (Å²) in [5.41, 5.74) is 4.26. The quantitative estimate of drug-likeness (QED) is 0.812. The van der Waals surface area contributed by atoms with E-state index in [1.54, 1.807) is 6.21 Å². The molecule has 1 atom stereocenters. The molecule has 1 aliphatic heterocycles. The van der Waals surface area contributed by atoms with Crippen LogP contribution in [0.1, 0.15) is 12.0 Å². The van der Waals surface area contributed by atoms with Crippen molar-refractivity contribution in [1.82, 2.24) is 5.43 Å². The van der Waals surface area contributed by atoms with E-state index in [-0.39, 0.29) is 6.42 Å². The van der Waals surface area contributed by atoms with Crippen molar-refractivity contribution in [1.29, 1.82) is 0 Å². The number of thioether (sulfide) groups is 1. The van der Waals surface area contributed by atoms with Gasteiger partial charge < -0.3 is 10.0 Å². The van der Waals surface area contributed by atoms with Gasteiger partial charge in [0.2, 0.25) is 5.17 Å². The summed E-state index contributed by atoms with van der Waals surface area (Å²) in [6.07, 6.45) is 1.36. The molecule has 22 heavy (non-hydrogen) atoms. The SMILES string of the molecule is CN(C)c1ccc(C=NC2=NNC(=O)[C@@H](CC(=O)O)S2)cc1. The van der Waals surface area contributed by atoms with Crippen LogP contribution < -0.4 is 10.3 Å². The van der Waals surface area contributed by atoms with Crippen molar-refractivity contribution in [3.8, 4) is 0 Å². The number of rotatable bonds is 4. The number of amidine groups is 1. The Hall–Kier alpha value is -2.35. The lowest BCUT2D eigenvalue weighted by atomic mass is 10.2. The van der Waals surface area contributed by atoms with Gasteiger partial charge in [-0.3, -0.25) is 9.59 Å². The number of nitrogens with zero attached hydrogens (tertiary/aromatic N) is 3. The van der Waals surface area contributed by atoms with Crippen molar-refractivity contribution >= 4 is 40.7 Å². The number of anilines is 1. The summed E-state index contributed by atoms with van der Waals surface area (Å²) >= 11 is 1.05. The number of benzene rings is 1. The number of carbonyl (C=O) groups is 2. The van der Waals surface area contributed by atoms with Gasteiger partial charge in [0, 0.05) is 26.0 Å². The van der Waals surface area contributed by atoms with E-state index in [0.29, 0.717) is 5.17 Å². The number of amides is 1.